The number of hydrogen-bond donors (Lipinski definition) is 2. The van der Waals surface area contributed by atoms with Crippen LogP contribution in [0.4, 0.5) is 5.69 Å². The first-order valence-corrected chi connectivity index (χ1v) is 6.25. The Labute approximate surface area is 110 Å². The van der Waals surface area contributed by atoms with E-state index in [9.17, 15) is 4.79 Å². The zero-order chi connectivity index (χ0) is 13.5. The highest BCUT2D eigenvalue weighted by Crippen LogP contribution is 2.27. The second-order valence-corrected chi connectivity index (χ2v) is 5.16. The number of anilines is 1. The van der Waals surface area contributed by atoms with E-state index in [1.54, 1.807) is 13.1 Å². The van der Waals surface area contributed by atoms with Crippen LogP contribution in [0.2, 0.25) is 0 Å². The van der Waals surface area contributed by atoms with Gasteiger partial charge in [0.15, 0.2) is 5.58 Å². The summed E-state index contributed by atoms with van der Waals surface area (Å²) >= 11 is 0. The molecule has 3 N–H and O–H groups in total. The molecule has 1 aliphatic rings. The second kappa shape index (κ2) is 4.40. The Morgan fingerprint density at radius 3 is 2.89 bits per heavy atom. The Hall–Kier alpha value is -1.79. The van der Waals surface area contributed by atoms with Crippen molar-refractivity contribution in [3.05, 3.63) is 28.7 Å². The van der Waals surface area contributed by atoms with Gasteiger partial charge in [-0.25, -0.2) is 4.79 Å². The average molecular weight is 263 g/mol. The van der Waals surface area contributed by atoms with Crippen molar-refractivity contribution in [1.82, 2.24) is 4.57 Å². The maximum absolute atomic E-state index is 11.4. The minimum Gasteiger partial charge on any atom is -0.408 e. The quantitative estimate of drug-likeness (QED) is 0.840. The first-order chi connectivity index (χ1) is 9.13. The molecule has 1 aromatic carbocycles. The van der Waals surface area contributed by atoms with E-state index in [1.807, 2.05) is 12.1 Å². The van der Waals surface area contributed by atoms with Gasteiger partial charge in [-0.15, -0.1) is 0 Å². The molecular formula is C13H17N3O3. The number of benzene rings is 1. The number of aryl methyl sites for hydroxylation is 1. The lowest BCUT2D eigenvalue weighted by Crippen LogP contribution is -2.52. The molecule has 0 aliphatic carbocycles. The minimum atomic E-state index is -0.349. The molecule has 3 rings (SSSR count). The lowest BCUT2D eigenvalue weighted by Gasteiger charge is -2.40. The Bertz CT molecular complexity index is 649. The molecule has 102 valence electrons. The van der Waals surface area contributed by atoms with Gasteiger partial charge in [-0.2, -0.15) is 0 Å². The Morgan fingerprint density at radius 2 is 2.26 bits per heavy atom. The van der Waals surface area contributed by atoms with Crippen molar-refractivity contribution < 1.29 is 9.15 Å². The first kappa shape index (κ1) is 12.3. The van der Waals surface area contributed by atoms with Crippen molar-refractivity contribution in [3.63, 3.8) is 0 Å². The molecule has 2 heterocycles. The monoisotopic (exact) mass is 263 g/mol. The molecule has 2 aromatic rings. The van der Waals surface area contributed by atoms with Crippen LogP contribution in [-0.4, -0.2) is 30.9 Å². The summed E-state index contributed by atoms with van der Waals surface area (Å²) in [7, 11) is 1.69. The lowest BCUT2D eigenvalue weighted by atomic mass is 9.86. The molecule has 6 nitrogen and oxygen atoms in total. The minimum absolute atomic E-state index is 0.0389. The molecule has 0 radical (unpaired) electrons. The topological polar surface area (TPSA) is 82.4 Å². The molecule has 0 amide bonds. The maximum atomic E-state index is 11.4. The van der Waals surface area contributed by atoms with Crippen LogP contribution in [0.1, 0.15) is 0 Å². The third-order valence-electron chi connectivity index (χ3n) is 3.71. The largest absolute Gasteiger partial charge is 0.419 e. The fraction of sp³-hybridized carbons (Fsp3) is 0.462. The van der Waals surface area contributed by atoms with Gasteiger partial charge in [0, 0.05) is 31.2 Å². The predicted molar refractivity (Wildman–Crippen MR) is 72.3 cm³/mol. The summed E-state index contributed by atoms with van der Waals surface area (Å²) in [5.41, 5.74) is 8.13. The Balaban J connectivity index is 1.81. The molecule has 0 spiro atoms. The van der Waals surface area contributed by atoms with Crippen LogP contribution in [0.5, 0.6) is 0 Å². The molecule has 1 saturated heterocycles. The van der Waals surface area contributed by atoms with Crippen molar-refractivity contribution in [2.75, 3.05) is 31.6 Å². The van der Waals surface area contributed by atoms with E-state index in [2.05, 4.69) is 5.32 Å². The van der Waals surface area contributed by atoms with E-state index >= 15 is 0 Å². The van der Waals surface area contributed by atoms with E-state index < -0.39 is 0 Å². The fourth-order valence-corrected chi connectivity index (χ4v) is 2.21. The molecule has 0 unspecified atom stereocenters. The van der Waals surface area contributed by atoms with Crippen LogP contribution in [0.25, 0.3) is 11.1 Å². The van der Waals surface area contributed by atoms with Gasteiger partial charge in [0.25, 0.3) is 0 Å². The lowest BCUT2D eigenvalue weighted by molar-refractivity contribution is -0.0979. The smallest absolute Gasteiger partial charge is 0.408 e. The number of nitrogens with zero attached hydrogens (tertiary/aromatic N) is 1. The van der Waals surface area contributed by atoms with Gasteiger partial charge in [0.05, 0.1) is 18.7 Å². The van der Waals surface area contributed by atoms with Crippen molar-refractivity contribution in [2.24, 2.45) is 18.2 Å². The number of aromatic nitrogens is 1. The third-order valence-corrected chi connectivity index (χ3v) is 3.71. The predicted octanol–water partition coefficient (Wildman–Crippen LogP) is 0.519. The van der Waals surface area contributed by atoms with Crippen LogP contribution >= 0.6 is 0 Å². The summed E-state index contributed by atoms with van der Waals surface area (Å²) in [6.45, 7) is 2.76. The van der Waals surface area contributed by atoms with Crippen LogP contribution in [0.15, 0.2) is 27.4 Å². The molecule has 6 heteroatoms. The molecule has 19 heavy (non-hydrogen) atoms. The highest BCUT2D eigenvalue weighted by Gasteiger charge is 2.36. The van der Waals surface area contributed by atoms with Crippen molar-refractivity contribution in [1.29, 1.82) is 0 Å². The standard InChI is InChI=1S/C13H17N3O3/c1-16-10-4-9(2-3-11(10)19-12(16)17)15-6-13(5-14)7-18-8-13/h2-4,15H,5-8,14H2,1H3. The normalized spacial score (nSPS) is 17.4. The highest BCUT2D eigenvalue weighted by atomic mass is 16.5. The number of hydrogen-bond acceptors (Lipinski definition) is 5. The number of rotatable bonds is 4. The van der Waals surface area contributed by atoms with Crippen LogP contribution in [-0.2, 0) is 11.8 Å². The SMILES string of the molecule is Cn1c(=O)oc2ccc(NCC3(CN)COC3)cc21. The summed E-state index contributed by atoms with van der Waals surface area (Å²) in [4.78, 5) is 11.4. The second-order valence-electron chi connectivity index (χ2n) is 5.16. The molecule has 0 atom stereocenters. The van der Waals surface area contributed by atoms with Gasteiger partial charge in [-0.1, -0.05) is 0 Å². The first-order valence-electron chi connectivity index (χ1n) is 6.25. The summed E-state index contributed by atoms with van der Waals surface area (Å²) in [6, 6.07) is 5.60. The Kier molecular flexibility index (Phi) is 2.83. The number of oxazole rings is 1. The zero-order valence-corrected chi connectivity index (χ0v) is 10.8. The van der Waals surface area contributed by atoms with E-state index in [0.717, 1.165) is 17.7 Å². The van der Waals surface area contributed by atoms with Gasteiger partial charge in [-0.3, -0.25) is 4.57 Å². The number of ether oxygens (including phenoxy) is 1. The molecule has 0 bridgehead atoms. The van der Waals surface area contributed by atoms with Gasteiger partial charge in [0.1, 0.15) is 0 Å². The van der Waals surface area contributed by atoms with Crippen molar-refractivity contribution in [3.8, 4) is 0 Å². The van der Waals surface area contributed by atoms with Gasteiger partial charge in [-0.05, 0) is 18.2 Å². The molecule has 1 fully saturated rings. The van der Waals surface area contributed by atoms with E-state index in [4.69, 9.17) is 14.9 Å². The van der Waals surface area contributed by atoms with Gasteiger partial charge in [0.2, 0.25) is 0 Å². The summed E-state index contributed by atoms with van der Waals surface area (Å²) in [5.74, 6) is -0.349. The van der Waals surface area contributed by atoms with E-state index in [1.165, 1.54) is 4.57 Å². The summed E-state index contributed by atoms with van der Waals surface area (Å²) < 4.78 is 11.8. The molecule has 0 saturated carbocycles. The summed E-state index contributed by atoms with van der Waals surface area (Å²) in [5, 5.41) is 3.35. The van der Waals surface area contributed by atoms with Gasteiger partial charge >= 0.3 is 5.76 Å². The zero-order valence-electron chi connectivity index (χ0n) is 10.8. The van der Waals surface area contributed by atoms with Crippen molar-refractivity contribution in [2.45, 2.75) is 0 Å². The van der Waals surface area contributed by atoms with Crippen LogP contribution in [0.3, 0.4) is 0 Å². The highest BCUT2D eigenvalue weighted by molar-refractivity contribution is 5.77. The van der Waals surface area contributed by atoms with E-state index in [-0.39, 0.29) is 11.2 Å². The van der Waals surface area contributed by atoms with Crippen molar-refractivity contribution >= 4 is 16.8 Å². The Morgan fingerprint density at radius 1 is 1.47 bits per heavy atom. The average Bonchev–Trinajstić information content (AvgIpc) is 2.65. The van der Waals surface area contributed by atoms with Crippen LogP contribution < -0.4 is 16.8 Å². The molecular weight excluding hydrogens is 246 g/mol. The fourth-order valence-electron chi connectivity index (χ4n) is 2.21. The number of fused-ring (bicyclic) bond motifs is 1. The number of nitrogens with one attached hydrogen (secondary N) is 1. The van der Waals surface area contributed by atoms with E-state index in [0.29, 0.717) is 25.3 Å². The third kappa shape index (κ3) is 2.02. The molecule has 1 aliphatic heterocycles. The van der Waals surface area contributed by atoms with Crippen LogP contribution in [0, 0.1) is 5.41 Å². The van der Waals surface area contributed by atoms with Gasteiger partial charge < -0.3 is 20.2 Å². The number of nitrogens with two attached hydrogens (primary N) is 1. The molecule has 1 aromatic heterocycles. The maximum Gasteiger partial charge on any atom is 0.419 e. The summed E-state index contributed by atoms with van der Waals surface area (Å²) in [6.07, 6.45) is 0.